The van der Waals surface area contributed by atoms with Crippen LogP contribution in [0.3, 0.4) is 0 Å². The van der Waals surface area contributed by atoms with Crippen molar-refractivity contribution in [2.24, 2.45) is 10.9 Å². The molecule has 6 heteroatoms. The predicted octanol–water partition coefficient (Wildman–Crippen LogP) is 3.43. The van der Waals surface area contributed by atoms with Gasteiger partial charge in [-0.15, -0.1) is 0 Å². The Morgan fingerprint density at radius 3 is 2.94 bits per heavy atom. The van der Waals surface area contributed by atoms with Crippen molar-refractivity contribution >= 4 is 39.1 Å². The summed E-state index contributed by atoms with van der Waals surface area (Å²) in [7, 11) is 0. The van der Waals surface area contributed by atoms with E-state index in [-0.39, 0.29) is 5.84 Å². The van der Waals surface area contributed by atoms with Crippen LogP contribution in [0.5, 0.6) is 0 Å². The third-order valence-corrected chi connectivity index (χ3v) is 3.65. The topological polar surface area (TPSA) is 70.6 Å². The van der Waals surface area contributed by atoms with Gasteiger partial charge in [-0.3, -0.25) is 0 Å². The average Bonchev–Trinajstić information content (AvgIpc) is 2.33. The molecule has 0 aliphatic rings. The Morgan fingerprint density at radius 1 is 1.47 bits per heavy atom. The molecule has 0 aliphatic carbocycles. The second-order valence-corrected chi connectivity index (χ2v) is 4.78. The van der Waals surface area contributed by atoms with Crippen LogP contribution in [0.1, 0.15) is 19.3 Å². The number of oxime groups is 1. The van der Waals surface area contributed by atoms with Crippen LogP contribution in [0.2, 0.25) is 5.02 Å². The van der Waals surface area contributed by atoms with Crippen LogP contribution >= 0.6 is 27.5 Å². The van der Waals surface area contributed by atoms with Crippen molar-refractivity contribution in [2.45, 2.75) is 19.3 Å². The lowest BCUT2D eigenvalue weighted by Gasteiger charge is -2.09. The number of halogens is 2. The molecular weight excluding hydrogens is 305 g/mol. The summed E-state index contributed by atoms with van der Waals surface area (Å²) in [5, 5.41) is 15.2. The predicted molar refractivity (Wildman–Crippen MR) is 74.9 cm³/mol. The van der Waals surface area contributed by atoms with Gasteiger partial charge >= 0.3 is 0 Å². The van der Waals surface area contributed by atoms with Gasteiger partial charge in [-0.1, -0.05) is 22.8 Å². The first kappa shape index (κ1) is 14.1. The van der Waals surface area contributed by atoms with Gasteiger partial charge in [0, 0.05) is 18.7 Å². The molecule has 0 radical (unpaired) electrons. The Labute approximate surface area is 114 Å². The molecule has 4 nitrogen and oxygen atoms in total. The fraction of sp³-hybridized carbons (Fsp3) is 0.364. The lowest BCUT2D eigenvalue weighted by atomic mass is 10.2. The highest BCUT2D eigenvalue weighted by molar-refractivity contribution is 9.10. The Bertz CT molecular complexity index is 398. The lowest BCUT2D eigenvalue weighted by molar-refractivity contribution is 0.316. The summed E-state index contributed by atoms with van der Waals surface area (Å²) in [6.07, 6.45) is 2.42. The Kier molecular flexibility index (Phi) is 6.15. The smallest absolute Gasteiger partial charge is 0.139 e. The van der Waals surface area contributed by atoms with Crippen LogP contribution in [0.15, 0.2) is 27.8 Å². The second-order valence-electron chi connectivity index (χ2n) is 3.58. The fourth-order valence-corrected chi connectivity index (χ4v) is 1.92. The number of nitrogens with zero attached hydrogens (tertiary/aromatic N) is 1. The van der Waals surface area contributed by atoms with E-state index in [0.29, 0.717) is 11.4 Å². The highest BCUT2D eigenvalue weighted by Crippen LogP contribution is 2.29. The number of nitrogens with one attached hydrogen (secondary N) is 1. The van der Waals surface area contributed by atoms with Crippen molar-refractivity contribution in [3.63, 3.8) is 0 Å². The maximum absolute atomic E-state index is 8.36. The first-order valence-corrected chi connectivity index (χ1v) is 6.46. The van der Waals surface area contributed by atoms with Crippen molar-refractivity contribution < 1.29 is 5.21 Å². The molecule has 0 heterocycles. The Morgan fingerprint density at radius 2 is 2.24 bits per heavy atom. The third-order valence-electron chi connectivity index (χ3n) is 2.26. The van der Waals surface area contributed by atoms with Gasteiger partial charge in [0.15, 0.2) is 0 Å². The maximum atomic E-state index is 8.36. The fourth-order valence-electron chi connectivity index (χ4n) is 1.34. The van der Waals surface area contributed by atoms with Gasteiger partial charge in [-0.05, 0) is 40.9 Å². The van der Waals surface area contributed by atoms with Gasteiger partial charge in [0.1, 0.15) is 5.84 Å². The minimum atomic E-state index is 0.272. The van der Waals surface area contributed by atoms with Crippen molar-refractivity contribution in [1.29, 1.82) is 0 Å². The van der Waals surface area contributed by atoms with E-state index in [1.807, 2.05) is 18.2 Å². The van der Waals surface area contributed by atoms with Crippen LogP contribution in [0.25, 0.3) is 0 Å². The molecule has 0 saturated carbocycles. The molecule has 0 atom stereocenters. The quantitative estimate of drug-likeness (QED) is 0.247. The molecule has 0 aliphatic heterocycles. The number of amidine groups is 1. The summed E-state index contributed by atoms with van der Waals surface area (Å²) in [6, 6.07) is 5.68. The molecule has 0 fully saturated rings. The number of hydrogen-bond acceptors (Lipinski definition) is 3. The van der Waals surface area contributed by atoms with Gasteiger partial charge in [-0.25, -0.2) is 0 Å². The van der Waals surface area contributed by atoms with Crippen molar-refractivity contribution in [3.8, 4) is 0 Å². The number of benzene rings is 1. The highest BCUT2D eigenvalue weighted by Gasteiger charge is 2.02. The van der Waals surface area contributed by atoms with Gasteiger partial charge < -0.3 is 16.3 Å². The summed E-state index contributed by atoms with van der Waals surface area (Å²) >= 11 is 9.38. The second kappa shape index (κ2) is 7.40. The van der Waals surface area contributed by atoms with Crippen molar-refractivity contribution in [3.05, 3.63) is 27.7 Å². The molecule has 0 unspecified atom stereocenters. The number of rotatable bonds is 6. The van der Waals surface area contributed by atoms with Gasteiger partial charge in [0.05, 0.1) is 9.50 Å². The number of anilines is 1. The molecular formula is C11H15BrClN3O. The molecule has 17 heavy (non-hydrogen) atoms. The van der Waals surface area contributed by atoms with Crippen LogP contribution in [-0.4, -0.2) is 17.6 Å². The van der Waals surface area contributed by atoms with E-state index >= 15 is 0 Å². The first-order valence-electron chi connectivity index (χ1n) is 5.29. The minimum Gasteiger partial charge on any atom is -0.409 e. The molecule has 0 amide bonds. The lowest BCUT2D eigenvalue weighted by Crippen LogP contribution is -2.12. The van der Waals surface area contributed by atoms with Crippen LogP contribution in [0, 0.1) is 0 Å². The van der Waals surface area contributed by atoms with E-state index in [9.17, 15) is 0 Å². The van der Waals surface area contributed by atoms with E-state index in [1.165, 1.54) is 0 Å². The molecule has 1 aromatic carbocycles. The summed E-state index contributed by atoms with van der Waals surface area (Å²) in [5.74, 6) is 0.272. The molecule has 0 aromatic heterocycles. The summed E-state index contributed by atoms with van der Waals surface area (Å²) in [4.78, 5) is 0. The van der Waals surface area contributed by atoms with E-state index in [0.717, 1.165) is 29.5 Å². The first-order chi connectivity index (χ1) is 8.15. The zero-order valence-electron chi connectivity index (χ0n) is 9.29. The standard InChI is InChI=1S/C11H15BrClN3O/c12-11-8(13)4-3-5-9(11)15-7-2-1-6-10(14)16-17/h3-5,15,17H,1-2,6-7H2,(H2,14,16). The third kappa shape index (κ3) is 4.83. The van der Waals surface area contributed by atoms with Gasteiger partial charge in [0.25, 0.3) is 0 Å². The minimum absolute atomic E-state index is 0.272. The molecule has 0 spiro atoms. The molecule has 1 rings (SSSR count). The van der Waals surface area contributed by atoms with Crippen molar-refractivity contribution in [2.75, 3.05) is 11.9 Å². The Balaban J connectivity index is 2.29. The number of hydrogen-bond donors (Lipinski definition) is 3. The van der Waals surface area contributed by atoms with E-state index in [1.54, 1.807) is 0 Å². The summed E-state index contributed by atoms with van der Waals surface area (Å²) in [6.45, 7) is 0.817. The van der Waals surface area contributed by atoms with Crippen LogP contribution < -0.4 is 11.1 Å². The SMILES string of the molecule is N/C(CCCCNc1cccc(Cl)c1Br)=N/O. The Hall–Kier alpha value is -0.940. The molecule has 0 saturated heterocycles. The van der Waals surface area contributed by atoms with Crippen molar-refractivity contribution in [1.82, 2.24) is 0 Å². The van der Waals surface area contributed by atoms with E-state index in [2.05, 4.69) is 26.4 Å². The van der Waals surface area contributed by atoms with Gasteiger partial charge in [0.2, 0.25) is 0 Å². The zero-order chi connectivity index (χ0) is 12.7. The monoisotopic (exact) mass is 319 g/mol. The maximum Gasteiger partial charge on any atom is 0.139 e. The molecule has 4 N–H and O–H groups in total. The molecule has 94 valence electrons. The zero-order valence-corrected chi connectivity index (χ0v) is 11.6. The number of unbranched alkanes of at least 4 members (excludes halogenated alkanes) is 1. The highest BCUT2D eigenvalue weighted by atomic mass is 79.9. The molecule has 0 bridgehead atoms. The van der Waals surface area contributed by atoms with E-state index in [4.69, 9.17) is 22.5 Å². The van der Waals surface area contributed by atoms with E-state index < -0.39 is 0 Å². The van der Waals surface area contributed by atoms with Crippen LogP contribution in [-0.2, 0) is 0 Å². The normalized spacial score (nSPS) is 11.5. The van der Waals surface area contributed by atoms with Gasteiger partial charge in [-0.2, -0.15) is 0 Å². The molecule has 1 aromatic rings. The summed E-state index contributed by atoms with van der Waals surface area (Å²) in [5.41, 5.74) is 6.34. The largest absolute Gasteiger partial charge is 0.409 e. The summed E-state index contributed by atoms with van der Waals surface area (Å²) < 4.78 is 0.873. The average molecular weight is 321 g/mol. The number of nitrogens with two attached hydrogens (primary N) is 1. The van der Waals surface area contributed by atoms with Crippen LogP contribution in [0.4, 0.5) is 5.69 Å².